The van der Waals surface area contributed by atoms with Crippen LogP contribution in [-0.2, 0) is 0 Å². The van der Waals surface area contributed by atoms with Gasteiger partial charge < -0.3 is 15.2 Å². The number of halogens is 4. The third-order valence-electron chi connectivity index (χ3n) is 3.13. The topological polar surface area (TPSA) is 75.6 Å². The third kappa shape index (κ3) is 4.45. The summed E-state index contributed by atoms with van der Waals surface area (Å²) in [6.07, 6.45) is 0. The summed E-state index contributed by atoms with van der Waals surface area (Å²) in [4.78, 5) is 24.3. The second kappa shape index (κ2) is 8.66. The summed E-state index contributed by atoms with van der Waals surface area (Å²) in [5.74, 6) is -1.10. The molecule has 2 aromatic rings. The van der Waals surface area contributed by atoms with Crippen LogP contribution in [0.3, 0.4) is 0 Å². The van der Waals surface area contributed by atoms with E-state index in [-0.39, 0.29) is 15.6 Å². The highest BCUT2D eigenvalue weighted by Crippen LogP contribution is 2.42. The van der Waals surface area contributed by atoms with Crippen LogP contribution in [0.4, 0.5) is 5.69 Å². The molecule has 0 saturated heterocycles. The highest BCUT2D eigenvalue weighted by Gasteiger charge is 2.27. The first kappa shape index (κ1) is 20.4. The lowest BCUT2D eigenvalue weighted by Gasteiger charge is -2.15. The number of benzene rings is 2. The molecular formula is C16H11Br4NO4. The van der Waals surface area contributed by atoms with Crippen molar-refractivity contribution in [1.82, 2.24) is 0 Å². The van der Waals surface area contributed by atoms with Gasteiger partial charge >= 0.3 is 5.97 Å². The number of rotatable bonds is 5. The van der Waals surface area contributed by atoms with Gasteiger partial charge in [0.1, 0.15) is 5.75 Å². The molecule has 132 valence electrons. The second-order valence-corrected chi connectivity index (χ2v) is 7.89. The molecule has 9 heteroatoms. The molecule has 0 atom stereocenters. The van der Waals surface area contributed by atoms with E-state index in [2.05, 4.69) is 69.0 Å². The van der Waals surface area contributed by atoms with Gasteiger partial charge in [0, 0.05) is 23.6 Å². The molecule has 0 spiro atoms. The van der Waals surface area contributed by atoms with E-state index in [0.717, 1.165) is 0 Å². The maximum absolute atomic E-state index is 12.7. The molecular weight excluding hydrogens is 590 g/mol. The number of anilines is 1. The minimum absolute atomic E-state index is 0.00309. The molecule has 2 aromatic carbocycles. The number of hydrogen-bond donors (Lipinski definition) is 2. The minimum atomic E-state index is -1.22. The molecule has 0 heterocycles. The van der Waals surface area contributed by atoms with Gasteiger partial charge in [0.15, 0.2) is 0 Å². The molecule has 2 N–H and O–H groups in total. The van der Waals surface area contributed by atoms with Gasteiger partial charge in [-0.25, -0.2) is 4.79 Å². The van der Waals surface area contributed by atoms with E-state index >= 15 is 0 Å². The summed E-state index contributed by atoms with van der Waals surface area (Å²) in [6, 6.07) is 6.81. The number of carboxylic acid groups (broad SMARTS) is 1. The van der Waals surface area contributed by atoms with Gasteiger partial charge in [-0.3, -0.25) is 4.79 Å². The first-order valence-electron chi connectivity index (χ1n) is 6.91. The van der Waals surface area contributed by atoms with Gasteiger partial charge in [0.2, 0.25) is 0 Å². The lowest BCUT2D eigenvalue weighted by Crippen LogP contribution is -2.18. The van der Waals surface area contributed by atoms with E-state index < -0.39 is 11.9 Å². The van der Waals surface area contributed by atoms with E-state index in [0.29, 0.717) is 31.5 Å². The van der Waals surface area contributed by atoms with E-state index in [1.165, 1.54) is 0 Å². The van der Waals surface area contributed by atoms with Gasteiger partial charge in [0.05, 0.1) is 17.7 Å². The number of ether oxygens (including phenoxy) is 1. The molecule has 5 nitrogen and oxygen atoms in total. The normalized spacial score (nSPS) is 10.4. The van der Waals surface area contributed by atoms with Crippen molar-refractivity contribution in [3.05, 3.63) is 53.3 Å². The Morgan fingerprint density at radius 1 is 0.960 bits per heavy atom. The van der Waals surface area contributed by atoms with Crippen molar-refractivity contribution >= 4 is 81.3 Å². The molecule has 0 fully saturated rings. The van der Waals surface area contributed by atoms with Crippen molar-refractivity contribution < 1.29 is 19.4 Å². The van der Waals surface area contributed by atoms with Crippen LogP contribution in [0.15, 0.2) is 42.2 Å². The van der Waals surface area contributed by atoms with Crippen molar-refractivity contribution in [2.75, 3.05) is 11.9 Å². The van der Waals surface area contributed by atoms with Crippen LogP contribution in [0.5, 0.6) is 5.75 Å². The van der Waals surface area contributed by atoms with Crippen LogP contribution in [-0.4, -0.2) is 23.6 Å². The number of nitrogens with one attached hydrogen (secondary N) is 1. The number of amides is 1. The van der Waals surface area contributed by atoms with Gasteiger partial charge in [-0.05, 0) is 94.9 Å². The monoisotopic (exact) mass is 597 g/mol. The summed E-state index contributed by atoms with van der Waals surface area (Å²) in [5, 5.41) is 12.2. The smallest absolute Gasteiger partial charge is 0.337 e. The van der Waals surface area contributed by atoms with Gasteiger partial charge in [-0.1, -0.05) is 0 Å². The molecule has 25 heavy (non-hydrogen) atoms. The molecule has 0 saturated carbocycles. The van der Waals surface area contributed by atoms with Crippen LogP contribution < -0.4 is 10.1 Å². The quantitative estimate of drug-likeness (QED) is 0.322. The average molecular weight is 601 g/mol. The Morgan fingerprint density at radius 3 is 1.96 bits per heavy atom. The van der Waals surface area contributed by atoms with E-state index in [1.54, 1.807) is 24.3 Å². The minimum Gasteiger partial charge on any atom is -0.494 e. The Labute approximate surface area is 177 Å². The SMILES string of the molecule is CCOc1ccc(NC(=O)c2c(Br)c(Br)c(Br)c(Br)c2C(=O)O)cc1. The van der Waals surface area contributed by atoms with Gasteiger partial charge in [0.25, 0.3) is 5.91 Å². The largest absolute Gasteiger partial charge is 0.494 e. The fourth-order valence-electron chi connectivity index (χ4n) is 2.04. The van der Waals surface area contributed by atoms with Gasteiger partial charge in [-0.2, -0.15) is 0 Å². The fraction of sp³-hybridized carbons (Fsp3) is 0.125. The molecule has 0 aliphatic carbocycles. The molecule has 0 radical (unpaired) electrons. The van der Waals surface area contributed by atoms with Crippen molar-refractivity contribution in [2.24, 2.45) is 0 Å². The van der Waals surface area contributed by atoms with Crippen LogP contribution in [0.2, 0.25) is 0 Å². The van der Waals surface area contributed by atoms with Crippen molar-refractivity contribution in [3.63, 3.8) is 0 Å². The Balaban J connectivity index is 2.43. The van der Waals surface area contributed by atoms with Gasteiger partial charge in [-0.15, -0.1) is 0 Å². The standard InChI is InChI=1S/C16H11Br4NO4/c1-2-25-8-5-3-7(4-6-8)21-15(22)9-10(16(23)24)12(18)14(20)13(19)11(9)17/h3-6H,2H2,1H3,(H,21,22)(H,23,24). The van der Waals surface area contributed by atoms with Crippen LogP contribution in [0.1, 0.15) is 27.6 Å². The Kier molecular flexibility index (Phi) is 7.07. The summed E-state index contributed by atoms with van der Waals surface area (Å²) >= 11 is 13.1. The van der Waals surface area contributed by atoms with E-state index in [4.69, 9.17) is 4.74 Å². The number of carboxylic acids is 1. The third-order valence-corrected chi connectivity index (χ3v) is 7.90. The first-order chi connectivity index (χ1) is 11.8. The predicted octanol–water partition coefficient (Wildman–Crippen LogP) is 6.09. The second-order valence-electron chi connectivity index (χ2n) is 4.72. The number of carbonyl (C=O) groups is 2. The summed E-state index contributed by atoms with van der Waals surface area (Å²) in [5.41, 5.74) is 0.376. The maximum atomic E-state index is 12.7. The highest BCUT2D eigenvalue weighted by atomic mass is 79.9. The Hall–Kier alpha value is -0.900. The zero-order valence-electron chi connectivity index (χ0n) is 12.7. The average Bonchev–Trinajstić information content (AvgIpc) is 2.57. The summed E-state index contributed by atoms with van der Waals surface area (Å²) in [6.45, 7) is 2.42. The molecule has 0 aromatic heterocycles. The first-order valence-corrected chi connectivity index (χ1v) is 10.1. The fourth-order valence-corrected chi connectivity index (χ4v) is 4.51. The maximum Gasteiger partial charge on any atom is 0.337 e. The zero-order chi connectivity index (χ0) is 18.7. The number of aromatic carboxylic acids is 1. The molecule has 0 bridgehead atoms. The van der Waals surface area contributed by atoms with E-state index in [9.17, 15) is 14.7 Å². The number of hydrogen-bond acceptors (Lipinski definition) is 3. The highest BCUT2D eigenvalue weighted by molar-refractivity contribution is 9.15. The predicted molar refractivity (Wildman–Crippen MR) is 110 cm³/mol. The van der Waals surface area contributed by atoms with E-state index in [1.807, 2.05) is 6.92 Å². The molecule has 0 aliphatic heterocycles. The Morgan fingerprint density at radius 2 is 1.48 bits per heavy atom. The van der Waals surface area contributed by atoms with Crippen molar-refractivity contribution in [3.8, 4) is 5.75 Å². The van der Waals surface area contributed by atoms with Crippen LogP contribution in [0, 0.1) is 0 Å². The lowest BCUT2D eigenvalue weighted by atomic mass is 10.1. The summed E-state index contributed by atoms with van der Waals surface area (Å²) < 4.78 is 6.98. The number of carbonyl (C=O) groups excluding carboxylic acids is 1. The Bertz CT molecular complexity index is 837. The zero-order valence-corrected chi connectivity index (χ0v) is 19.0. The van der Waals surface area contributed by atoms with Crippen molar-refractivity contribution in [1.29, 1.82) is 0 Å². The summed E-state index contributed by atoms with van der Waals surface area (Å²) in [7, 11) is 0. The molecule has 0 aliphatic rings. The molecule has 2 rings (SSSR count). The van der Waals surface area contributed by atoms with Crippen molar-refractivity contribution in [2.45, 2.75) is 6.92 Å². The van der Waals surface area contributed by atoms with Crippen LogP contribution >= 0.6 is 63.7 Å². The van der Waals surface area contributed by atoms with Crippen LogP contribution in [0.25, 0.3) is 0 Å². The lowest BCUT2D eigenvalue weighted by molar-refractivity contribution is 0.0691. The molecule has 0 unspecified atom stereocenters. The molecule has 1 amide bonds.